The van der Waals surface area contributed by atoms with E-state index < -0.39 is 27.1 Å². The largest absolute Gasteiger partial charge is 0.380 e. The molecule has 0 radical (unpaired) electrons. The van der Waals surface area contributed by atoms with Gasteiger partial charge in [-0.3, -0.25) is 9.52 Å². The van der Waals surface area contributed by atoms with Crippen LogP contribution in [-0.4, -0.2) is 45.9 Å². The Bertz CT molecular complexity index is 688. The molecular weight excluding hydrogens is 323 g/mol. The van der Waals surface area contributed by atoms with Gasteiger partial charge in [0.2, 0.25) is 15.9 Å². The van der Waals surface area contributed by atoms with Gasteiger partial charge < -0.3 is 9.64 Å². The van der Waals surface area contributed by atoms with E-state index in [1.165, 1.54) is 6.07 Å². The highest BCUT2D eigenvalue weighted by molar-refractivity contribution is 7.90. The number of carbonyl (C=O) groups excluding carboxylic acids is 1. The minimum Gasteiger partial charge on any atom is -0.380 e. The molecule has 3 rings (SSSR count). The van der Waals surface area contributed by atoms with Crippen molar-refractivity contribution in [1.82, 2.24) is 4.72 Å². The number of nitrogens with zero attached hydrogens (tertiary/aromatic N) is 1. The minimum atomic E-state index is -3.70. The van der Waals surface area contributed by atoms with Gasteiger partial charge in [0.15, 0.2) is 0 Å². The lowest BCUT2D eigenvalue weighted by Gasteiger charge is -2.19. The molecule has 2 heterocycles. The van der Waals surface area contributed by atoms with Crippen LogP contribution in [0.1, 0.15) is 12.8 Å². The number of para-hydroxylation sites is 1. The summed E-state index contributed by atoms with van der Waals surface area (Å²) in [6.07, 6.45) is 0.894. The number of amides is 1. The van der Waals surface area contributed by atoms with E-state index in [-0.39, 0.29) is 12.4 Å². The van der Waals surface area contributed by atoms with Gasteiger partial charge in [0.25, 0.3) is 0 Å². The molecule has 23 heavy (non-hydrogen) atoms. The smallest absolute Gasteiger partial charge is 0.240 e. The molecule has 2 saturated heterocycles. The zero-order valence-electron chi connectivity index (χ0n) is 12.6. The maximum atomic E-state index is 13.8. The van der Waals surface area contributed by atoms with E-state index in [4.69, 9.17) is 4.74 Å². The van der Waals surface area contributed by atoms with Gasteiger partial charge in [-0.2, -0.15) is 0 Å². The first kappa shape index (κ1) is 16.2. The summed E-state index contributed by atoms with van der Waals surface area (Å²) in [7, 11) is -3.70. The average molecular weight is 342 g/mol. The highest BCUT2D eigenvalue weighted by atomic mass is 32.2. The second-order valence-electron chi connectivity index (χ2n) is 5.88. The van der Waals surface area contributed by atoms with E-state index >= 15 is 0 Å². The van der Waals surface area contributed by atoms with E-state index in [1.54, 1.807) is 23.1 Å². The molecule has 6 nitrogen and oxygen atoms in total. The monoisotopic (exact) mass is 342 g/mol. The predicted molar refractivity (Wildman–Crippen MR) is 83.0 cm³/mol. The molecule has 1 amide bonds. The highest BCUT2D eigenvalue weighted by Gasteiger charge is 2.35. The summed E-state index contributed by atoms with van der Waals surface area (Å²) in [5, 5.41) is -0.671. The Labute approximate surface area is 134 Å². The second-order valence-corrected chi connectivity index (χ2v) is 7.84. The summed E-state index contributed by atoms with van der Waals surface area (Å²) >= 11 is 0. The Morgan fingerprint density at radius 1 is 1.30 bits per heavy atom. The van der Waals surface area contributed by atoms with Crippen LogP contribution in [-0.2, 0) is 19.6 Å². The number of hydrogen-bond donors (Lipinski definition) is 1. The summed E-state index contributed by atoms with van der Waals surface area (Å²) < 4.78 is 45.3. The number of nitrogens with one attached hydrogen (secondary N) is 1. The van der Waals surface area contributed by atoms with Crippen LogP contribution in [0.25, 0.3) is 0 Å². The fourth-order valence-corrected chi connectivity index (χ4v) is 4.26. The molecule has 126 valence electrons. The van der Waals surface area contributed by atoms with Crippen LogP contribution in [0.15, 0.2) is 24.3 Å². The number of halogens is 1. The molecule has 2 fully saturated rings. The van der Waals surface area contributed by atoms with E-state index in [1.807, 2.05) is 0 Å². The number of benzene rings is 1. The van der Waals surface area contributed by atoms with Gasteiger partial charge in [-0.15, -0.1) is 0 Å². The summed E-state index contributed by atoms with van der Waals surface area (Å²) in [4.78, 5) is 14.0. The third kappa shape index (κ3) is 3.48. The molecule has 2 aliphatic rings. The van der Waals surface area contributed by atoms with Crippen LogP contribution < -0.4 is 9.62 Å². The normalized spacial score (nSPS) is 24.8. The van der Waals surface area contributed by atoms with Crippen molar-refractivity contribution in [3.63, 3.8) is 0 Å². The number of sulfonamides is 1. The van der Waals surface area contributed by atoms with Crippen LogP contribution in [0, 0.1) is 11.7 Å². The van der Waals surface area contributed by atoms with Crippen LogP contribution in [0.3, 0.4) is 0 Å². The minimum absolute atomic E-state index is 0.120. The molecule has 0 spiro atoms. The third-order valence-electron chi connectivity index (χ3n) is 4.32. The number of rotatable bonds is 4. The first-order valence-electron chi connectivity index (χ1n) is 7.60. The number of anilines is 1. The van der Waals surface area contributed by atoms with Gasteiger partial charge in [0, 0.05) is 19.7 Å². The van der Waals surface area contributed by atoms with Crippen molar-refractivity contribution in [2.24, 2.45) is 5.92 Å². The molecule has 1 aromatic rings. The molecule has 1 N–H and O–H groups in total. The van der Waals surface area contributed by atoms with Gasteiger partial charge in [-0.05, 0) is 25.0 Å². The van der Waals surface area contributed by atoms with Crippen LogP contribution in [0.4, 0.5) is 10.1 Å². The van der Waals surface area contributed by atoms with Crippen molar-refractivity contribution in [2.45, 2.75) is 18.1 Å². The molecule has 8 heteroatoms. The number of ether oxygens (including phenoxy) is 1. The SMILES string of the molecule is O=C(NS(=O)(=O)C1CCOC1)C1CCN(c2ccccc2F)C1. The van der Waals surface area contributed by atoms with Crippen molar-refractivity contribution in [2.75, 3.05) is 31.2 Å². The lowest BCUT2D eigenvalue weighted by molar-refractivity contribution is -0.122. The quantitative estimate of drug-likeness (QED) is 0.879. The lowest BCUT2D eigenvalue weighted by atomic mass is 10.1. The standard InChI is InChI=1S/C15H19FN2O4S/c16-13-3-1-2-4-14(13)18-7-5-11(9-18)15(19)17-23(20,21)12-6-8-22-10-12/h1-4,11-12H,5-10H2,(H,17,19). The molecular formula is C15H19FN2O4S. The molecule has 0 bridgehead atoms. The van der Waals surface area contributed by atoms with Gasteiger partial charge in [-0.25, -0.2) is 12.8 Å². The van der Waals surface area contributed by atoms with Gasteiger partial charge in [0.1, 0.15) is 11.1 Å². The van der Waals surface area contributed by atoms with E-state index in [2.05, 4.69) is 4.72 Å². The lowest BCUT2D eigenvalue weighted by Crippen LogP contribution is -2.42. The first-order valence-corrected chi connectivity index (χ1v) is 9.15. The maximum absolute atomic E-state index is 13.8. The topological polar surface area (TPSA) is 75.7 Å². The summed E-state index contributed by atoms with van der Waals surface area (Å²) in [6, 6.07) is 6.36. The van der Waals surface area contributed by atoms with Crippen molar-refractivity contribution in [3.05, 3.63) is 30.1 Å². The summed E-state index contributed by atoms with van der Waals surface area (Å²) in [5.74, 6) is -1.33. The Balaban J connectivity index is 1.62. The van der Waals surface area contributed by atoms with Crippen LogP contribution >= 0.6 is 0 Å². The Morgan fingerprint density at radius 3 is 2.78 bits per heavy atom. The Kier molecular flexibility index (Phi) is 4.54. The zero-order chi connectivity index (χ0) is 16.4. The van der Waals surface area contributed by atoms with E-state index in [0.717, 1.165) is 0 Å². The fourth-order valence-electron chi connectivity index (χ4n) is 2.97. The van der Waals surface area contributed by atoms with Crippen LogP contribution in [0.5, 0.6) is 0 Å². The zero-order valence-corrected chi connectivity index (χ0v) is 13.4. The molecule has 0 saturated carbocycles. The second kappa shape index (κ2) is 6.45. The molecule has 1 aromatic carbocycles. The van der Waals surface area contributed by atoms with E-state index in [9.17, 15) is 17.6 Å². The van der Waals surface area contributed by atoms with Crippen molar-refractivity contribution >= 4 is 21.6 Å². The van der Waals surface area contributed by atoms with Crippen molar-refractivity contribution < 1.29 is 22.3 Å². The van der Waals surface area contributed by atoms with Crippen LogP contribution in [0.2, 0.25) is 0 Å². The molecule has 2 aliphatic heterocycles. The average Bonchev–Trinajstić information content (AvgIpc) is 3.19. The number of hydrogen-bond acceptors (Lipinski definition) is 5. The van der Waals surface area contributed by atoms with Gasteiger partial charge >= 0.3 is 0 Å². The van der Waals surface area contributed by atoms with Crippen molar-refractivity contribution in [1.29, 1.82) is 0 Å². The predicted octanol–water partition coefficient (Wildman–Crippen LogP) is 0.887. The Morgan fingerprint density at radius 2 is 2.09 bits per heavy atom. The highest BCUT2D eigenvalue weighted by Crippen LogP contribution is 2.26. The Hall–Kier alpha value is -1.67. The van der Waals surface area contributed by atoms with Gasteiger partial charge in [-0.1, -0.05) is 12.1 Å². The maximum Gasteiger partial charge on any atom is 0.240 e. The molecule has 2 atom stereocenters. The molecule has 0 aliphatic carbocycles. The third-order valence-corrected chi connectivity index (χ3v) is 6.06. The first-order chi connectivity index (χ1) is 11.0. The fraction of sp³-hybridized carbons (Fsp3) is 0.533. The number of carbonyl (C=O) groups is 1. The molecule has 2 unspecified atom stereocenters. The summed E-state index contributed by atoms with van der Waals surface area (Å²) in [6.45, 7) is 1.34. The van der Waals surface area contributed by atoms with E-state index in [0.29, 0.717) is 38.2 Å². The van der Waals surface area contributed by atoms with Crippen molar-refractivity contribution in [3.8, 4) is 0 Å². The molecule has 0 aromatic heterocycles. The summed E-state index contributed by atoms with van der Waals surface area (Å²) in [5.41, 5.74) is 0.440. The van der Waals surface area contributed by atoms with Gasteiger partial charge in [0.05, 0.1) is 18.2 Å².